The number of thiophene rings is 1. The van der Waals surface area contributed by atoms with Gasteiger partial charge >= 0.3 is 6.03 Å². The number of imidazole rings is 1. The maximum Gasteiger partial charge on any atom is 0.324 e. The topological polar surface area (TPSA) is 120 Å². The first kappa shape index (κ1) is 22.3. The summed E-state index contributed by atoms with van der Waals surface area (Å²) in [5, 5.41) is 12.9. The molecule has 4 rings (SSSR count). The lowest BCUT2D eigenvalue weighted by molar-refractivity contribution is -0.135. The molecule has 1 aliphatic carbocycles. The Balaban J connectivity index is 1.41. The van der Waals surface area contributed by atoms with E-state index in [0.29, 0.717) is 49.2 Å². The predicted octanol–water partition coefficient (Wildman–Crippen LogP) is 1.69. The molecular formula is C22H29N7O2S. The van der Waals surface area contributed by atoms with Gasteiger partial charge in [-0.3, -0.25) is 9.69 Å². The molecule has 32 heavy (non-hydrogen) atoms. The van der Waals surface area contributed by atoms with Crippen molar-refractivity contribution < 1.29 is 9.59 Å². The Morgan fingerprint density at radius 3 is 2.94 bits per heavy atom. The van der Waals surface area contributed by atoms with Gasteiger partial charge in [-0.15, -0.1) is 11.3 Å². The average Bonchev–Trinajstić information content (AvgIpc) is 3.39. The number of nitrogens with one attached hydrogen (secondary N) is 1. The first-order valence-electron chi connectivity index (χ1n) is 11.0. The lowest BCUT2D eigenvalue weighted by atomic mass is 9.74. The van der Waals surface area contributed by atoms with E-state index in [2.05, 4.69) is 21.3 Å². The minimum Gasteiger partial charge on any atom is -0.389 e. The fourth-order valence-electron chi connectivity index (χ4n) is 5.08. The van der Waals surface area contributed by atoms with Crippen molar-refractivity contribution in [2.75, 3.05) is 32.4 Å². The number of aromatic nitrogens is 2. The highest BCUT2D eigenvalue weighted by atomic mass is 32.1. The summed E-state index contributed by atoms with van der Waals surface area (Å²) in [6.45, 7) is 3.80. The second-order valence-corrected chi connectivity index (χ2v) is 9.71. The lowest BCUT2D eigenvalue weighted by Crippen LogP contribution is -2.55. The third kappa shape index (κ3) is 4.23. The van der Waals surface area contributed by atoms with E-state index in [0.717, 1.165) is 18.4 Å². The van der Waals surface area contributed by atoms with E-state index in [9.17, 15) is 14.9 Å². The fourth-order valence-corrected chi connectivity index (χ4v) is 6.18. The van der Waals surface area contributed by atoms with Gasteiger partial charge in [0.1, 0.15) is 11.1 Å². The van der Waals surface area contributed by atoms with E-state index in [1.807, 2.05) is 24.7 Å². The quantitative estimate of drug-likeness (QED) is 0.708. The Morgan fingerprint density at radius 2 is 2.25 bits per heavy atom. The number of hydrogen-bond acceptors (Lipinski definition) is 7. The maximum atomic E-state index is 13.3. The summed E-state index contributed by atoms with van der Waals surface area (Å²) in [6.07, 6.45) is 7.55. The third-order valence-electron chi connectivity index (χ3n) is 6.68. The second kappa shape index (κ2) is 9.30. The van der Waals surface area contributed by atoms with Gasteiger partial charge in [-0.05, 0) is 44.7 Å². The standard InChI is InChI=1S/C22H29N7O2S/c1-3-29(22(31)26-5-7-28-6-4-25-13-28)21(30)15-8-14-9-16-17(11-23)20(24)32-19(16)10-18(14)27(2)12-15/h4,6,13-15,18H,3,5,7-10,12,24H2,1-2H3,(H,26,31)/t14-,15-,18-/m1/s1. The van der Waals surface area contributed by atoms with Gasteiger partial charge in [-0.25, -0.2) is 9.78 Å². The molecule has 9 nitrogen and oxygen atoms in total. The number of amides is 3. The van der Waals surface area contributed by atoms with Crippen molar-refractivity contribution in [2.24, 2.45) is 11.8 Å². The van der Waals surface area contributed by atoms with Gasteiger partial charge in [-0.1, -0.05) is 0 Å². The zero-order valence-electron chi connectivity index (χ0n) is 18.5. The molecule has 170 valence electrons. The number of likely N-dealkylation sites (N-methyl/N-ethyl adjacent to an activating group) is 1. The average molecular weight is 456 g/mol. The van der Waals surface area contributed by atoms with Crippen LogP contribution < -0.4 is 11.1 Å². The highest BCUT2D eigenvalue weighted by Crippen LogP contribution is 2.42. The Bertz CT molecular complexity index is 1030. The Labute approximate surface area is 191 Å². The molecule has 0 radical (unpaired) electrons. The van der Waals surface area contributed by atoms with Crippen molar-refractivity contribution in [2.45, 2.75) is 38.8 Å². The molecule has 0 aromatic carbocycles. The van der Waals surface area contributed by atoms with Crippen LogP contribution in [0, 0.1) is 23.2 Å². The summed E-state index contributed by atoms with van der Waals surface area (Å²) in [5.74, 6) is -0.114. The van der Waals surface area contributed by atoms with E-state index < -0.39 is 0 Å². The first-order valence-corrected chi connectivity index (χ1v) is 11.8. The number of nitrogens with zero attached hydrogens (tertiary/aromatic N) is 5. The number of likely N-dealkylation sites (tertiary alicyclic amines) is 1. The number of carbonyl (C=O) groups excluding carboxylic acids is 2. The highest BCUT2D eigenvalue weighted by Gasteiger charge is 2.42. The van der Waals surface area contributed by atoms with Gasteiger partial charge in [0.25, 0.3) is 0 Å². The number of nitriles is 1. The highest BCUT2D eigenvalue weighted by molar-refractivity contribution is 7.16. The predicted molar refractivity (Wildman–Crippen MR) is 122 cm³/mol. The van der Waals surface area contributed by atoms with Crippen LogP contribution in [0.3, 0.4) is 0 Å². The Morgan fingerprint density at radius 1 is 1.44 bits per heavy atom. The van der Waals surface area contributed by atoms with Crippen LogP contribution in [-0.4, -0.2) is 64.0 Å². The number of nitrogens with two attached hydrogens (primary N) is 1. The van der Waals surface area contributed by atoms with Gasteiger partial charge in [0.15, 0.2) is 0 Å². The number of anilines is 1. The lowest BCUT2D eigenvalue weighted by Gasteiger charge is -2.45. The molecule has 1 saturated heterocycles. The number of fused-ring (bicyclic) bond motifs is 2. The van der Waals surface area contributed by atoms with Crippen molar-refractivity contribution >= 4 is 28.3 Å². The van der Waals surface area contributed by atoms with Crippen molar-refractivity contribution in [3.05, 3.63) is 34.7 Å². The molecule has 1 aliphatic heterocycles. The van der Waals surface area contributed by atoms with E-state index in [-0.39, 0.29) is 23.8 Å². The van der Waals surface area contributed by atoms with Crippen LogP contribution in [0.5, 0.6) is 0 Å². The van der Waals surface area contributed by atoms with E-state index in [4.69, 9.17) is 5.73 Å². The van der Waals surface area contributed by atoms with Gasteiger partial charge in [0.05, 0.1) is 17.8 Å². The van der Waals surface area contributed by atoms with Gasteiger partial charge in [0, 0.05) is 49.5 Å². The molecule has 3 atom stereocenters. The normalized spacial score (nSPS) is 22.5. The first-order chi connectivity index (χ1) is 15.4. The molecule has 2 aromatic heterocycles. The molecule has 0 bridgehead atoms. The molecule has 0 saturated carbocycles. The zero-order chi connectivity index (χ0) is 22.8. The van der Waals surface area contributed by atoms with Crippen molar-refractivity contribution in [1.29, 1.82) is 5.26 Å². The van der Waals surface area contributed by atoms with Crippen LogP contribution in [0.2, 0.25) is 0 Å². The smallest absolute Gasteiger partial charge is 0.324 e. The summed E-state index contributed by atoms with van der Waals surface area (Å²) >= 11 is 1.52. The number of nitrogen functional groups attached to an aromatic ring is 1. The van der Waals surface area contributed by atoms with Crippen molar-refractivity contribution in [1.82, 2.24) is 24.7 Å². The molecule has 10 heteroatoms. The zero-order valence-corrected chi connectivity index (χ0v) is 19.3. The summed E-state index contributed by atoms with van der Waals surface area (Å²) < 4.78 is 1.87. The van der Waals surface area contributed by atoms with Crippen LogP contribution in [0.15, 0.2) is 18.7 Å². The largest absolute Gasteiger partial charge is 0.389 e. The minimum absolute atomic E-state index is 0.130. The number of hydrogen-bond donors (Lipinski definition) is 2. The summed E-state index contributed by atoms with van der Waals surface area (Å²) in [6, 6.07) is 2.23. The van der Waals surface area contributed by atoms with Crippen LogP contribution in [0.25, 0.3) is 0 Å². The van der Waals surface area contributed by atoms with Crippen LogP contribution in [0.1, 0.15) is 29.3 Å². The monoisotopic (exact) mass is 455 g/mol. The Hall–Kier alpha value is -2.90. The van der Waals surface area contributed by atoms with E-state index in [1.165, 1.54) is 21.1 Å². The number of urea groups is 1. The second-order valence-electron chi connectivity index (χ2n) is 8.58. The third-order valence-corrected chi connectivity index (χ3v) is 7.76. The maximum absolute atomic E-state index is 13.3. The number of piperidine rings is 1. The van der Waals surface area contributed by atoms with E-state index in [1.54, 1.807) is 12.5 Å². The number of carbonyl (C=O) groups is 2. The van der Waals surface area contributed by atoms with E-state index >= 15 is 0 Å². The molecule has 1 fully saturated rings. The number of imide groups is 1. The Kier molecular flexibility index (Phi) is 6.48. The SMILES string of the molecule is CCN(C(=O)NCCn1ccnc1)C(=O)[C@@H]1C[C@@H]2Cc3c(sc(N)c3C#N)C[C@H]2N(C)C1. The number of rotatable bonds is 5. The van der Waals surface area contributed by atoms with Gasteiger partial charge < -0.3 is 20.5 Å². The molecule has 3 N–H and O–H groups in total. The molecule has 2 aliphatic rings. The molecule has 3 heterocycles. The fraction of sp³-hybridized carbons (Fsp3) is 0.545. The molecule has 3 amide bonds. The summed E-state index contributed by atoms with van der Waals surface area (Å²) in [5.41, 5.74) is 7.73. The van der Waals surface area contributed by atoms with Gasteiger partial charge in [-0.2, -0.15) is 5.26 Å². The molecular weight excluding hydrogens is 426 g/mol. The summed E-state index contributed by atoms with van der Waals surface area (Å²) in [7, 11) is 2.05. The molecule has 2 aromatic rings. The van der Waals surface area contributed by atoms with Crippen LogP contribution in [0.4, 0.5) is 9.80 Å². The van der Waals surface area contributed by atoms with Crippen LogP contribution in [-0.2, 0) is 24.2 Å². The van der Waals surface area contributed by atoms with Crippen LogP contribution >= 0.6 is 11.3 Å². The molecule has 0 spiro atoms. The minimum atomic E-state index is -0.356. The van der Waals surface area contributed by atoms with Gasteiger partial charge in [0.2, 0.25) is 5.91 Å². The van der Waals surface area contributed by atoms with Crippen molar-refractivity contribution in [3.63, 3.8) is 0 Å². The van der Waals surface area contributed by atoms with Crippen molar-refractivity contribution in [3.8, 4) is 6.07 Å². The molecule has 0 unspecified atom stereocenters. The summed E-state index contributed by atoms with van der Waals surface area (Å²) in [4.78, 5) is 34.8.